The van der Waals surface area contributed by atoms with Crippen molar-refractivity contribution < 1.29 is 9.47 Å². The third kappa shape index (κ3) is 5.26. The summed E-state index contributed by atoms with van der Waals surface area (Å²) in [5, 5.41) is 0. The number of nitrogens with two attached hydrogens (primary N) is 1. The van der Waals surface area contributed by atoms with Gasteiger partial charge in [0.15, 0.2) is 17.0 Å². The van der Waals surface area contributed by atoms with Crippen LogP contribution in [0.4, 0.5) is 5.82 Å². The zero-order valence-corrected chi connectivity index (χ0v) is 21.0. The van der Waals surface area contributed by atoms with Gasteiger partial charge in [0.1, 0.15) is 0 Å². The number of methoxy groups -OCH3 is 1. The molecule has 9 heteroatoms. The molecule has 0 aliphatic carbocycles. The van der Waals surface area contributed by atoms with Crippen LogP contribution in [-0.4, -0.2) is 56.2 Å². The van der Waals surface area contributed by atoms with Gasteiger partial charge < -0.3 is 15.2 Å². The maximum atomic E-state index is 6.16. The predicted molar refractivity (Wildman–Crippen MR) is 140 cm³/mol. The van der Waals surface area contributed by atoms with Crippen molar-refractivity contribution >= 4 is 17.0 Å². The van der Waals surface area contributed by atoms with E-state index in [1.165, 1.54) is 37.1 Å². The van der Waals surface area contributed by atoms with Gasteiger partial charge in [0, 0.05) is 18.3 Å². The highest BCUT2D eigenvalue weighted by Gasteiger charge is 2.19. The van der Waals surface area contributed by atoms with Crippen molar-refractivity contribution in [1.82, 2.24) is 29.4 Å². The molecule has 1 aliphatic rings. The van der Waals surface area contributed by atoms with Crippen molar-refractivity contribution in [1.29, 1.82) is 0 Å². The van der Waals surface area contributed by atoms with Gasteiger partial charge >= 0.3 is 6.01 Å². The zero-order chi connectivity index (χ0) is 24.9. The number of pyridine rings is 1. The van der Waals surface area contributed by atoms with Crippen molar-refractivity contribution in [3.8, 4) is 23.1 Å². The molecule has 1 saturated heterocycles. The van der Waals surface area contributed by atoms with Crippen molar-refractivity contribution in [2.45, 2.75) is 45.7 Å². The Morgan fingerprint density at radius 1 is 1.00 bits per heavy atom. The summed E-state index contributed by atoms with van der Waals surface area (Å²) in [6, 6.07) is 13.5. The number of likely N-dealkylation sites (tertiary alicyclic amines) is 1. The molecule has 5 rings (SSSR count). The van der Waals surface area contributed by atoms with E-state index in [4.69, 9.17) is 20.2 Å². The number of rotatable bonds is 10. The number of aromatic nitrogens is 5. The molecule has 0 radical (unpaired) electrons. The highest BCUT2D eigenvalue weighted by molar-refractivity contribution is 5.83. The monoisotopic (exact) mass is 487 g/mol. The van der Waals surface area contributed by atoms with Gasteiger partial charge in [0.25, 0.3) is 6.01 Å². The summed E-state index contributed by atoms with van der Waals surface area (Å²) in [5.74, 6) is 0.265. The summed E-state index contributed by atoms with van der Waals surface area (Å²) >= 11 is 0. The van der Waals surface area contributed by atoms with E-state index in [1.54, 1.807) is 7.11 Å². The first-order valence-corrected chi connectivity index (χ1v) is 12.6. The second-order valence-electron chi connectivity index (χ2n) is 9.17. The fourth-order valence-electron chi connectivity index (χ4n) is 4.55. The summed E-state index contributed by atoms with van der Waals surface area (Å²) in [6.07, 6.45) is 6.45. The first-order chi connectivity index (χ1) is 17.6. The van der Waals surface area contributed by atoms with E-state index in [9.17, 15) is 0 Å². The minimum atomic E-state index is 0.245. The normalized spacial score (nSPS) is 13.9. The molecule has 0 atom stereocenters. The molecule has 1 aromatic carbocycles. The highest BCUT2D eigenvalue weighted by Crippen LogP contribution is 2.27. The van der Waals surface area contributed by atoms with Gasteiger partial charge in [-0.3, -0.25) is 14.5 Å². The van der Waals surface area contributed by atoms with E-state index >= 15 is 0 Å². The number of fused-ring (bicyclic) bond motifs is 1. The lowest BCUT2D eigenvalue weighted by atomic mass is 10.0. The van der Waals surface area contributed by atoms with Gasteiger partial charge in [0.05, 0.1) is 26.0 Å². The number of nitrogens with zero attached hydrogens (tertiary/aromatic N) is 6. The summed E-state index contributed by atoms with van der Waals surface area (Å²) < 4.78 is 13.1. The molecule has 9 nitrogen and oxygen atoms in total. The SMILES string of the molecule is CCCCOc1nc(N)c2nc(OC)n(Cc3ccc(-c4cccc(CN5CCCC5)c4)cn3)c2n1. The molecule has 0 unspecified atom stereocenters. The maximum Gasteiger partial charge on any atom is 0.320 e. The van der Waals surface area contributed by atoms with Gasteiger partial charge in [-0.2, -0.15) is 15.0 Å². The smallest absolute Gasteiger partial charge is 0.320 e. The molecule has 4 heterocycles. The van der Waals surface area contributed by atoms with Gasteiger partial charge in [-0.05, 0) is 55.6 Å². The molecule has 36 heavy (non-hydrogen) atoms. The largest absolute Gasteiger partial charge is 0.468 e. The average molecular weight is 488 g/mol. The molecule has 0 spiro atoms. The molecule has 0 bridgehead atoms. The molecule has 2 N–H and O–H groups in total. The minimum absolute atomic E-state index is 0.245. The van der Waals surface area contributed by atoms with Crippen LogP contribution >= 0.6 is 0 Å². The van der Waals surface area contributed by atoms with Crippen LogP contribution in [0.5, 0.6) is 12.0 Å². The predicted octanol–water partition coefficient (Wildman–Crippen LogP) is 4.30. The van der Waals surface area contributed by atoms with Crippen LogP contribution in [0.1, 0.15) is 43.9 Å². The van der Waals surface area contributed by atoms with Crippen LogP contribution in [-0.2, 0) is 13.1 Å². The van der Waals surface area contributed by atoms with Crippen LogP contribution in [0.3, 0.4) is 0 Å². The van der Waals surface area contributed by atoms with Crippen LogP contribution < -0.4 is 15.2 Å². The number of anilines is 1. The lowest BCUT2D eigenvalue weighted by Crippen LogP contribution is -2.18. The fraction of sp³-hybridized carbons (Fsp3) is 0.407. The molecule has 1 fully saturated rings. The van der Waals surface area contributed by atoms with Crippen LogP contribution in [0.25, 0.3) is 22.3 Å². The summed E-state index contributed by atoms with van der Waals surface area (Å²) in [4.78, 5) is 20.5. The molecule has 188 valence electrons. The summed E-state index contributed by atoms with van der Waals surface area (Å²) in [7, 11) is 1.58. The Morgan fingerprint density at radius 2 is 1.86 bits per heavy atom. The number of hydrogen-bond donors (Lipinski definition) is 1. The zero-order valence-electron chi connectivity index (χ0n) is 21.0. The van der Waals surface area contributed by atoms with Crippen LogP contribution in [0.2, 0.25) is 0 Å². The lowest BCUT2D eigenvalue weighted by molar-refractivity contribution is 0.286. The Hall–Kier alpha value is -3.72. The van der Waals surface area contributed by atoms with E-state index in [2.05, 4.69) is 57.1 Å². The van der Waals surface area contributed by atoms with E-state index in [1.807, 2.05) is 16.8 Å². The number of imidazole rings is 1. The quantitative estimate of drug-likeness (QED) is 0.330. The number of hydrogen-bond acceptors (Lipinski definition) is 8. The van der Waals surface area contributed by atoms with Gasteiger partial charge in [-0.1, -0.05) is 37.6 Å². The molecule has 0 amide bonds. The van der Waals surface area contributed by atoms with E-state index in [0.29, 0.717) is 30.3 Å². The molecular weight excluding hydrogens is 454 g/mol. The molecule has 3 aromatic heterocycles. The maximum absolute atomic E-state index is 6.16. The van der Waals surface area contributed by atoms with Crippen LogP contribution in [0.15, 0.2) is 42.6 Å². The Balaban J connectivity index is 1.37. The average Bonchev–Trinajstić information content (AvgIpc) is 3.53. The topological polar surface area (TPSA) is 104 Å². The number of unbranched alkanes of at least 4 members (excludes halogenated alkanes) is 1. The Labute approximate surface area is 211 Å². The minimum Gasteiger partial charge on any atom is -0.468 e. The molecular formula is C27H33N7O2. The fourth-order valence-corrected chi connectivity index (χ4v) is 4.55. The van der Waals surface area contributed by atoms with Gasteiger partial charge in [-0.25, -0.2) is 0 Å². The summed E-state index contributed by atoms with van der Waals surface area (Å²) in [6.45, 7) is 6.45. The van der Waals surface area contributed by atoms with Crippen molar-refractivity contribution in [3.05, 3.63) is 53.9 Å². The van der Waals surface area contributed by atoms with Gasteiger partial charge in [0.2, 0.25) is 0 Å². The Bertz CT molecular complexity index is 1310. The lowest BCUT2D eigenvalue weighted by Gasteiger charge is -2.15. The van der Waals surface area contributed by atoms with Crippen molar-refractivity contribution in [2.75, 3.05) is 32.5 Å². The molecule has 4 aromatic rings. The summed E-state index contributed by atoms with van der Waals surface area (Å²) in [5.41, 5.74) is 11.7. The van der Waals surface area contributed by atoms with E-state index in [0.717, 1.165) is 30.6 Å². The Morgan fingerprint density at radius 3 is 2.61 bits per heavy atom. The third-order valence-electron chi connectivity index (χ3n) is 6.49. The second kappa shape index (κ2) is 10.9. The number of benzene rings is 1. The number of ether oxygens (including phenoxy) is 2. The van der Waals surface area contributed by atoms with Crippen molar-refractivity contribution in [3.63, 3.8) is 0 Å². The molecule has 0 saturated carbocycles. The Kier molecular flexibility index (Phi) is 7.27. The second-order valence-corrected chi connectivity index (χ2v) is 9.17. The molecule has 1 aliphatic heterocycles. The van der Waals surface area contributed by atoms with E-state index < -0.39 is 0 Å². The van der Waals surface area contributed by atoms with Gasteiger partial charge in [-0.15, -0.1) is 0 Å². The third-order valence-corrected chi connectivity index (χ3v) is 6.49. The standard InChI is InChI=1S/C27H33N7O2/c1-3-4-14-36-26-31-24(28)23-25(32-26)34(27(30-23)35-2)18-22-11-10-21(16-29-22)20-9-7-8-19(15-20)17-33-12-5-6-13-33/h7-11,15-16H,3-6,12-14,17-18H2,1-2H3,(H2,28,31,32). The first kappa shape index (κ1) is 24.0. The number of nitrogen functional groups attached to an aromatic ring is 1. The van der Waals surface area contributed by atoms with Crippen LogP contribution in [0, 0.1) is 0 Å². The first-order valence-electron chi connectivity index (χ1n) is 12.6. The highest BCUT2D eigenvalue weighted by atomic mass is 16.5. The van der Waals surface area contributed by atoms with E-state index in [-0.39, 0.29) is 11.8 Å². The van der Waals surface area contributed by atoms with Crippen molar-refractivity contribution in [2.24, 2.45) is 0 Å².